The van der Waals surface area contributed by atoms with E-state index in [2.05, 4.69) is 35.2 Å². The summed E-state index contributed by atoms with van der Waals surface area (Å²) in [6.07, 6.45) is 2.17. The smallest absolute Gasteiger partial charge is 0.207 e. The molecule has 4 heteroatoms. The largest absolute Gasteiger partial charge is 0.494 e. The zero-order valence-electron chi connectivity index (χ0n) is 15.9. The van der Waals surface area contributed by atoms with Crippen molar-refractivity contribution in [2.24, 2.45) is 0 Å². The van der Waals surface area contributed by atoms with Gasteiger partial charge in [-0.05, 0) is 55.3 Å². The van der Waals surface area contributed by atoms with Crippen LogP contribution in [0.1, 0.15) is 30.0 Å². The second-order valence-corrected chi connectivity index (χ2v) is 6.95. The average Bonchev–Trinajstić information content (AvgIpc) is 3.18. The standard InChI is InChI=1S/C24H23FNO2/c1-27-22-14-7-15-23(24(22)25)28-21-13-6-5-11-19(21)20-12-8-16-26(20)17-18-9-3-2-4-10-18/h2-4,6-7,9-11,13-15,20H,8,12,16-17H2,1H3/t20-/m0/s1. The number of hydrogen-bond donors (Lipinski definition) is 0. The van der Waals surface area contributed by atoms with E-state index in [1.165, 1.54) is 12.7 Å². The molecule has 1 radical (unpaired) electrons. The fourth-order valence-electron chi connectivity index (χ4n) is 3.81. The van der Waals surface area contributed by atoms with Crippen LogP contribution in [-0.4, -0.2) is 18.6 Å². The molecule has 0 aliphatic carbocycles. The van der Waals surface area contributed by atoms with Crippen molar-refractivity contribution in [3.05, 3.63) is 89.7 Å². The number of rotatable bonds is 6. The maximum Gasteiger partial charge on any atom is 0.207 e. The maximum atomic E-state index is 14.6. The van der Waals surface area contributed by atoms with E-state index in [-0.39, 0.29) is 17.5 Å². The molecule has 4 rings (SSSR count). The van der Waals surface area contributed by atoms with Crippen LogP contribution in [0.4, 0.5) is 4.39 Å². The third kappa shape index (κ3) is 3.87. The fourth-order valence-corrected chi connectivity index (χ4v) is 3.81. The van der Waals surface area contributed by atoms with Crippen LogP contribution < -0.4 is 9.47 Å². The molecule has 1 fully saturated rings. The van der Waals surface area contributed by atoms with E-state index in [1.54, 1.807) is 24.3 Å². The number of ether oxygens (including phenoxy) is 2. The van der Waals surface area contributed by atoms with Gasteiger partial charge in [-0.15, -0.1) is 0 Å². The maximum absolute atomic E-state index is 14.6. The van der Waals surface area contributed by atoms with E-state index in [0.29, 0.717) is 5.75 Å². The Bertz CT molecular complexity index is 929. The van der Waals surface area contributed by atoms with Gasteiger partial charge in [-0.2, -0.15) is 4.39 Å². The predicted octanol–water partition coefficient (Wildman–Crippen LogP) is 5.76. The normalized spacial score (nSPS) is 16.9. The molecule has 0 amide bonds. The Balaban J connectivity index is 1.60. The van der Waals surface area contributed by atoms with Crippen molar-refractivity contribution in [2.75, 3.05) is 13.7 Å². The summed E-state index contributed by atoms with van der Waals surface area (Å²) in [5.41, 5.74) is 2.33. The number of likely N-dealkylation sites (tertiary alicyclic amines) is 1. The van der Waals surface area contributed by atoms with Gasteiger partial charge in [0.1, 0.15) is 5.75 Å². The van der Waals surface area contributed by atoms with Gasteiger partial charge in [0, 0.05) is 18.2 Å². The van der Waals surface area contributed by atoms with Crippen LogP contribution in [0.15, 0.2) is 66.7 Å². The molecule has 0 spiro atoms. The molecule has 1 aliphatic heterocycles. The molecule has 1 atom stereocenters. The zero-order valence-corrected chi connectivity index (χ0v) is 15.9. The second kappa shape index (κ2) is 8.44. The van der Waals surface area contributed by atoms with Crippen LogP contribution in [-0.2, 0) is 6.54 Å². The Labute approximate surface area is 165 Å². The quantitative estimate of drug-likeness (QED) is 0.546. The first kappa shape index (κ1) is 18.5. The molecular weight excluding hydrogens is 353 g/mol. The van der Waals surface area contributed by atoms with Gasteiger partial charge in [0.25, 0.3) is 0 Å². The lowest BCUT2D eigenvalue weighted by molar-refractivity contribution is 0.244. The van der Waals surface area contributed by atoms with Gasteiger partial charge in [-0.3, -0.25) is 4.90 Å². The Morgan fingerprint density at radius 1 is 1.04 bits per heavy atom. The highest BCUT2D eigenvalue weighted by molar-refractivity contribution is 5.43. The number of hydrogen-bond acceptors (Lipinski definition) is 3. The molecule has 1 heterocycles. The Kier molecular flexibility index (Phi) is 5.58. The molecule has 0 bridgehead atoms. The molecule has 3 nitrogen and oxygen atoms in total. The fraction of sp³-hybridized carbons (Fsp3) is 0.250. The van der Waals surface area contributed by atoms with Crippen molar-refractivity contribution in [1.29, 1.82) is 0 Å². The van der Waals surface area contributed by atoms with Gasteiger partial charge in [0.05, 0.1) is 7.11 Å². The van der Waals surface area contributed by atoms with Gasteiger partial charge >= 0.3 is 0 Å². The highest BCUT2D eigenvalue weighted by atomic mass is 19.1. The minimum Gasteiger partial charge on any atom is -0.494 e. The van der Waals surface area contributed by atoms with Crippen LogP contribution in [0.25, 0.3) is 0 Å². The minimum atomic E-state index is -0.489. The number of benzene rings is 3. The van der Waals surface area contributed by atoms with E-state index >= 15 is 0 Å². The van der Waals surface area contributed by atoms with Crippen LogP contribution in [0, 0.1) is 11.9 Å². The first-order valence-electron chi connectivity index (χ1n) is 9.54. The van der Waals surface area contributed by atoms with E-state index in [0.717, 1.165) is 31.5 Å². The highest BCUT2D eigenvalue weighted by Gasteiger charge is 2.28. The molecule has 0 aromatic heterocycles. The molecule has 0 saturated carbocycles. The first-order chi connectivity index (χ1) is 13.8. The van der Waals surface area contributed by atoms with E-state index in [1.807, 2.05) is 18.2 Å². The number of nitrogens with zero attached hydrogens (tertiary/aromatic N) is 1. The monoisotopic (exact) mass is 376 g/mol. The third-order valence-electron chi connectivity index (χ3n) is 5.17. The van der Waals surface area contributed by atoms with Crippen LogP contribution in [0.2, 0.25) is 0 Å². The van der Waals surface area contributed by atoms with Crippen molar-refractivity contribution in [2.45, 2.75) is 25.4 Å². The topological polar surface area (TPSA) is 21.7 Å². The van der Waals surface area contributed by atoms with Crippen molar-refractivity contribution in [3.8, 4) is 17.2 Å². The molecule has 0 N–H and O–H groups in total. The van der Waals surface area contributed by atoms with Gasteiger partial charge in [-0.25, -0.2) is 0 Å². The first-order valence-corrected chi connectivity index (χ1v) is 9.54. The zero-order chi connectivity index (χ0) is 19.3. The summed E-state index contributed by atoms with van der Waals surface area (Å²) in [4.78, 5) is 2.45. The molecule has 3 aromatic rings. The Morgan fingerprint density at radius 2 is 1.86 bits per heavy atom. The van der Waals surface area contributed by atoms with Crippen molar-refractivity contribution in [3.63, 3.8) is 0 Å². The summed E-state index contributed by atoms with van der Waals surface area (Å²) in [6.45, 7) is 1.91. The van der Waals surface area contributed by atoms with Gasteiger partial charge in [0.2, 0.25) is 5.82 Å². The average molecular weight is 376 g/mol. The van der Waals surface area contributed by atoms with Crippen LogP contribution in [0.5, 0.6) is 17.2 Å². The number of methoxy groups -OCH3 is 1. The van der Waals surface area contributed by atoms with Gasteiger partial charge in [0.15, 0.2) is 11.5 Å². The molecule has 0 unspecified atom stereocenters. The molecule has 3 aromatic carbocycles. The van der Waals surface area contributed by atoms with E-state index in [9.17, 15) is 4.39 Å². The van der Waals surface area contributed by atoms with E-state index in [4.69, 9.17) is 9.47 Å². The molecule has 1 aliphatic rings. The second-order valence-electron chi connectivity index (χ2n) is 6.95. The lowest BCUT2D eigenvalue weighted by atomic mass is 10.0. The third-order valence-corrected chi connectivity index (χ3v) is 5.17. The van der Waals surface area contributed by atoms with Crippen LogP contribution in [0.3, 0.4) is 0 Å². The Hall–Kier alpha value is -2.85. The predicted molar refractivity (Wildman–Crippen MR) is 107 cm³/mol. The molecule has 143 valence electrons. The van der Waals surface area contributed by atoms with Crippen molar-refractivity contribution >= 4 is 0 Å². The van der Waals surface area contributed by atoms with E-state index < -0.39 is 5.82 Å². The summed E-state index contributed by atoms with van der Waals surface area (Å²) in [6, 6.07) is 24.4. The lowest BCUT2D eigenvalue weighted by Gasteiger charge is -2.26. The summed E-state index contributed by atoms with van der Waals surface area (Å²) >= 11 is 0. The summed E-state index contributed by atoms with van der Waals surface area (Å²) in [5, 5.41) is 0. The van der Waals surface area contributed by atoms with Crippen molar-refractivity contribution in [1.82, 2.24) is 4.90 Å². The van der Waals surface area contributed by atoms with Gasteiger partial charge in [-0.1, -0.05) is 42.5 Å². The highest BCUT2D eigenvalue weighted by Crippen LogP contribution is 2.40. The molecular formula is C24H23FNO2. The summed E-state index contributed by atoms with van der Waals surface area (Å²) in [7, 11) is 1.45. The summed E-state index contributed by atoms with van der Waals surface area (Å²) < 4.78 is 25.6. The number of halogens is 1. The summed E-state index contributed by atoms with van der Waals surface area (Å²) in [5.74, 6) is 0.514. The van der Waals surface area contributed by atoms with Crippen LogP contribution >= 0.6 is 0 Å². The Morgan fingerprint density at radius 3 is 2.68 bits per heavy atom. The molecule has 1 saturated heterocycles. The minimum absolute atomic E-state index is 0.166. The molecule has 28 heavy (non-hydrogen) atoms. The van der Waals surface area contributed by atoms with Gasteiger partial charge < -0.3 is 9.47 Å². The lowest BCUT2D eigenvalue weighted by Crippen LogP contribution is -2.23. The van der Waals surface area contributed by atoms with Crippen molar-refractivity contribution < 1.29 is 13.9 Å². The SMILES string of the molecule is COc1cccc(Oc2cc[c]cc2[C@@H]2CCCN2Cc2ccccc2)c1F.